The van der Waals surface area contributed by atoms with Crippen LogP contribution in [-0.4, -0.2) is 12.1 Å². The third-order valence-corrected chi connectivity index (χ3v) is 2.15. The number of fused-ring (bicyclic) bond motifs is 1. The molecule has 12 heavy (non-hydrogen) atoms. The van der Waals surface area contributed by atoms with Crippen molar-refractivity contribution in [3.05, 3.63) is 29.3 Å². The molecule has 0 radical (unpaired) electrons. The summed E-state index contributed by atoms with van der Waals surface area (Å²) in [5, 5.41) is 9.42. The van der Waals surface area contributed by atoms with E-state index in [2.05, 4.69) is 0 Å². The Morgan fingerprint density at radius 3 is 3.17 bits per heavy atom. The number of benzene rings is 1. The third kappa shape index (κ3) is 1.05. The van der Waals surface area contributed by atoms with Gasteiger partial charge in [0.2, 0.25) is 0 Å². The van der Waals surface area contributed by atoms with Crippen molar-refractivity contribution in [1.29, 1.82) is 0 Å². The molecule has 0 aromatic heterocycles. The second kappa shape index (κ2) is 2.90. The van der Waals surface area contributed by atoms with E-state index in [9.17, 15) is 5.02 Å². The molecular weight excluding hydrogens is 153 g/mol. The Balaban J connectivity index is 2.53. The Kier molecular flexibility index (Phi) is 1.88. The SMILES string of the molecule is NCc1cccc2c1B(O)OC2. The van der Waals surface area contributed by atoms with Crippen molar-refractivity contribution in [2.45, 2.75) is 13.2 Å². The van der Waals surface area contributed by atoms with Gasteiger partial charge in [0.25, 0.3) is 0 Å². The van der Waals surface area contributed by atoms with Gasteiger partial charge in [-0.15, -0.1) is 0 Å². The number of nitrogens with two attached hydrogens (primary N) is 1. The summed E-state index contributed by atoms with van der Waals surface area (Å²) < 4.78 is 5.07. The molecule has 0 atom stereocenters. The first-order valence-corrected chi connectivity index (χ1v) is 3.93. The van der Waals surface area contributed by atoms with E-state index in [-0.39, 0.29) is 0 Å². The van der Waals surface area contributed by atoms with Gasteiger partial charge in [0.05, 0.1) is 6.61 Å². The van der Waals surface area contributed by atoms with Crippen LogP contribution in [0.15, 0.2) is 18.2 Å². The first-order valence-electron chi connectivity index (χ1n) is 3.93. The molecular formula is C8H10BNO2. The minimum atomic E-state index is -0.778. The van der Waals surface area contributed by atoms with Crippen molar-refractivity contribution >= 4 is 12.6 Å². The molecule has 2 rings (SSSR count). The zero-order valence-electron chi connectivity index (χ0n) is 6.66. The Bertz CT molecular complexity index is 303. The van der Waals surface area contributed by atoms with Crippen molar-refractivity contribution < 1.29 is 9.68 Å². The Hall–Kier alpha value is -0.835. The van der Waals surface area contributed by atoms with Crippen LogP contribution in [0, 0.1) is 0 Å². The maximum atomic E-state index is 9.42. The number of hydrogen-bond acceptors (Lipinski definition) is 3. The molecule has 0 saturated heterocycles. The molecule has 1 aromatic carbocycles. The van der Waals surface area contributed by atoms with Crippen molar-refractivity contribution in [3.63, 3.8) is 0 Å². The van der Waals surface area contributed by atoms with Crippen molar-refractivity contribution in [3.8, 4) is 0 Å². The van der Waals surface area contributed by atoms with Gasteiger partial charge in [0.1, 0.15) is 0 Å². The maximum absolute atomic E-state index is 9.42. The normalized spacial score (nSPS) is 15.0. The van der Waals surface area contributed by atoms with Crippen molar-refractivity contribution in [1.82, 2.24) is 0 Å². The fraction of sp³-hybridized carbons (Fsp3) is 0.250. The van der Waals surface area contributed by atoms with E-state index >= 15 is 0 Å². The predicted octanol–water partition coefficient (Wildman–Crippen LogP) is -0.637. The molecule has 0 spiro atoms. The fourth-order valence-corrected chi connectivity index (χ4v) is 1.54. The average molecular weight is 163 g/mol. The molecule has 1 heterocycles. The lowest BCUT2D eigenvalue weighted by Crippen LogP contribution is -2.32. The Morgan fingerprint density at radius 1 is 1.58 bits per heavy atom. The highest BCUT2D eigenvalue weighted by Gasteiger charge is 2.28. The molecule has 1 aliphatic heterocycles. The largest absolute Gasteiger partial charge is 0.492 e. The van der Waals surface area contributed by atoms with E-state index in [0.29, 0.717) is 13.2 Å². The molecule has 0 unspecified atom stereocenters. The van der Waals surface area contributed by atoms with Crippen LogP contribution in [-0.2, 0) is 17.8 Å². The van der Waals surface area contributed by atoms with Crippen LogP contribution in [0.4, 0.5) is 0 Å². The van der Waals surface area contributed by atoms with Gasteiger partial charge in [-0.2, -0.15) is 0 Å². The lowest BCUT2D eigenvalue weighted by molar-refractivity contribution is 0.275. The van der Waals surface area contributed by atoms with E-state index in [4.69, 9.17) is 10.4 Å². The standard InChI is InChI=1S/C8H10BNO2/c10-4-6-2-1-3-7-5-12-9(11)8(6)7/h1-3,11H,4-5,10H2. The molecule has 0 amide bonds. The zero-order chi connectivity index (χ0) is 8.55. The quantitative estimate of drug-likeness (QED) is 0.541. The highest BCUT2D eigenvalue weighted by molar-refractivity contribution is 6.62. The summed E-state index contributed by atoms with van der Waals surface area (Å²) in [6.07, 6.45) is 0. The van der Waals surface area contributed by atoms with Gasteiger partial charge >= 0.3 is 7.12 Å². The predicted molar refractivity (Wildman–Crippen MR) is 46.7 cm³/mol. The number of rotatable bonds is 1. The first-order chi connectivity index (χ1) is 5.83. The van der Waals surface area contributed by atoms with Gasteiger partial charge < -0.3 is 15.4 Å². The summed E-state index contributed by atoms with van der Waals surface area (Å²) >= 11 is 0. The minimum absolute atomic E-state index is 0.448. The zero-order valence-corrected chi connectivity index (χ0v) is 6.66. The molecule has 1 aliphatic rings. The number of hydrogen-bond donors (Lipinski definition) is 2. The summed E-state index contributed by atoms with van der Waals surface area (Å²) in [5.74, 6) is 0. The molecule has 62 valence electrons. The lowest BCUT2D eigenvalue weighted by Gasteiger charge is -2.04. The van der Waals surface area contributed by atoms with Crippen LogP contribution in [0.5, 0.6) is 0 Å². The maximum Gasteiger partial charge on any atom is 0.492 e. The minimum Gasteiger partial charge on any atom is -0.423 e. The topological polar surface area (TPSA) is 55.5 Å². The smallest absolute Gasteiger partial charge is 0.423 e. The van der Waals surface area contributed by atoms with Crippen LogP contribution in [0.1, 0.15) is 11.1 Å². The molecule has 4 heteroatoms. The van der Waals surface area contributed by atoms with E-state index in [0.717, 1.165) is 16.6 Å². The second-order valence-electron chi connectivity index (χ2n) is 2.86. The first kappa shape index (κ1) is 7.80. The summed E-state index contributed by atoms with van der Waals surface area (Å²) in [6.45, 7) is 0.938. The monoisotopic (exact) mass is 163 g/mol. The lowest BCUT2D eigenvalue weighted by atomic mass is 9.76. The molecule has 0 aliphatic carbocycles. The summed E-state index contributed by atoms with van der Waals surface area (Å²) in [6, 6.07) is 5.80. The fourth-order valence-electron chi connectivity index (χ4n) is 1.54. The van der Waals surface area contributed by atoms with Gasteiger partial charge in [-0.25, -0.2) is 0 Å². The van der Waals surface area contributed by atoms with Crippen LogP contribution in [0.3, 0.4) is 0 Å². The second-order valence-corrected chi connectivity index (χ2v) is 2.86. The molecule has 0 saturated carbocycles. The summed E-state index contributed by atoms with van der Waals surface area (Å²) in [5.41, 5.74) is 8.40. The van der Waals surface area contributed by atoms with E-state index in [1.54, 1.807) is 0 Å². The van der Waals surface area contributed by atoms with Crippen LogP contribution in [0.2, 0.25) is 0 Å². The Morgan fingerprint density at radius 2 is 2.42 bits per heavy atom. The van der Waals surface area contributed by atoms with E-state index in [1.807, 2.05) is 18.2 Å². The highest BCUT2D eigenvalue weighted by Crippen LogP contribution is 2.11. The third-order valence-electron chi connectivity index (χ3n) is 2.15. The van der Waals surface area contributed by atoms with Crippen molar-refractivity contribution in [2.75, 3.05) is 0 Å². The molecule has 3 nitrogen and oxygen atoms in total. The molecule has 1 aromatic rings. The summed E-state index contributed by atoms with van der Waals surface area (Å²) in [7, 11) is -0.778. The molecule has 0 fully saturated rings. The van der Waals surface area contributed by atoms with E-state index in [1.165, 1.54) is 0 Å². The van der Waals surface area contributed by atoms with Crippen molar-refractivity contribution in [2.24, 2.45) is 5.73 Å². The van der Waals surface area contributed by atoms with Crippen LogP contribution >= 0.6 is 0 Å². The van der Waals surface area contributed by atoms with Crippen LogP contribution < -0.4 is 11.2 Å². The van der Waals surface area contributed by atoms with Gasteiger partial charge in [-0.3, -0.25) is 0 Å². The highest BCUT2D eigenvalue weighted by atomic mass is 16.5. The molecule has 0 bridgehead atoms. The Labute approximate surface area is 71.3 Å². The van der Waals surface area contributed by atoms with Gasteiger partial charge in [0.15, 0.2) is 0 Å². The van der Waals surface area contributed by atoms with E-state index < -0.39 is 7.12 Å². The molecule has 3 N–H and O–H groups in total. The van der Waals surface area contributed by atoms with Gasteiger partial charge in [0, 0.05) is 6.54 Å². The van der Waals surface area contributed by atoms with Gasteiger partial charge in [-0.1, -0.05) is 18.2 Å². The average Bonchev–Trinajstić information content (AvgIpc) is 2.48. The van der Waals surface area contributed by atoms with Crippen LogP contribution in [0.25, 0.3) is 0 Å². The summed E-state index contributed by atoms with van der Waals surface area (Å²) in [4.78, 5) is 0. The van der Waals surface area contributed by atoms with Gasteiger partial charge in [-0.05, 0) is 16.6 Å².